The van der Waals surface area contributed by atoms with Gasteiger partial charge in [-0.25, -0.2) is 0 Å². The Kier molecular flexibility index (Phi) is 7.93. The minimum absolute atomic E-state index is 0.0854. The molecule has 0 aliphatic carbocycles. The van der Waals surface area contributed by atoms with E-state index in [1.54, 1.807) is 18.2 Å². The lowest BCUT2D eigenvalue weighted by Gasteiger charge is -2.41. The van der Waals surface area contributed by atoms with Crippen molar-refractivity contribution in [1.82, 2.24) is 4.90 Å². The summed E-state index contributed by atoms with van der Waals surface area (Å²) in [4.78, 5) is 14.2. The summed E-state index contributed by atoms with van der Waals surface area (Å²) in [5.74, 6) is 0.246. The molecule has 1 fully saturated rings. The average Bonchev–Trinajstić information content (AvgIpc) is 2.75. The number of rotatable bonds is 7. The highest BCUT2D eigenvalue weighted by molar-refractivity contribution is 5.70. The number of benzene rings is 2. The molecule has 0 N–H and O–H groups in total. The Morgan fingerprint density at radius 3 is 2.41 bits per heavy atom. The van der Waals surface area contributed by atoms with Crippen LogP contribution in [0.2, 0.25) is 0 Å². The summed E-state index contributed by atoms with van der Waals surface area (Å²) in [6.07, 6.45) is -4.12. The van der Waals surface area contributed by atoms with Crippen LogP contribution in [0.4, 0.5) is 13.2 Å². The summed E-state index contributed by atoms with van der Waals surface area (Å²) in [5, 5.41) is 0. The molecule has 0 spiro atoms. The molecule has 2 aromatic carbocycles. The Hall–Kier alpha value is -2.58. The predicted molar refractivity (Wildman–Crippen MR) is 122 cm³/mol. The Labute approximate surface area is 198 Å². The highest BCUT2D eigenvalue weighted by atomic mass is 19.4. The number of halogens is 3. The van der Waals surface area contributed by atoms with Crippen LogP contribution in [0.5, 0.6) is 5.75 Å². The summed E-state index contributed by atoms with van der Waals surface area (Å²) >= 11 is 0. The number of carbonyl (C=O) groups excluding carboxylic acids is 1. The van der Waals surface area contributed by atoms with Crippen LogP contribution < -0.4 is 4.74 Å². The number of morpholine rings is 1. The minimum Gasteiger partial charge on any atom is -0.489 e. The second-order valence-electron chi connectivity index (χ2n) is 9.66. The molecule has 0 amide bonds. The molecule has 0 radical (unpaired) electrons. The van der Waals surface area contributed by atoms with E-state index >= 15 is 0 Å². The first-order valence-electron chi connectivity index (χ1n) is 11.3. The fourth-order valence-electron chi connectivity index (χ4n) is 3.95. The second-order valence-corrected chi connectivity index (χ2v) is 9.66. The summed E-state index contributed by atoms with van der Waals surface area (Å²) in [7, 11) is 0. The number of hydrogen-bond donors (Lipinski definition) is 0. The van der Waals surface area contributed by atoms with Crippen LogP contribution in [-0.2, 0) is 32.7 Å². The van der Waals surface area contributed by atoms with Crippen molar-refractivity contribution in [1.29, 1.82) is 0 Å². The van der Waals surface area contributed by atoms with E-state index in [2.05, 4.69) is 4.90 Å². The molecule has 1 saturated heterocycles. The van der Waals surface area contributed by atoms with E-state index in [1.807, 2.05) is 39.8 Å². The second kappa shape index (κ2) is 10.4. The Balaban J connectivity index is 1.59. The lowest BCUT2D eigenvalue weighted by Crippen LogP contribution is -2.48. The molecule has 3 rings (SSSR count). The molecular weight excluding hydrogens is 447 g/mol. The van der Waals surface area contributed by atoms with Crippen LogP contribution in [0.3, 0.4) is 0 Å². The number of alkyl halides is 3. The van der Waals surface area contributed by atoms with Gasteiger partial charge in [0.25, 0.3) is 0 Å². The van der Waals surface area contributed by atoms with Crippen molar-refractivity contribution < 1.29 is 32.2 Å². The van der Waals surface area contributed by atoms with Gasteiger partial charge in [0.2, 0.25) is 0 Å². The maximum absolute atomic E-state index is 13.2. The molecule has 186 valence electrons. The van der Waals surface area contributed by atoms with Crippen LogP contribution in [0, 0.1) is 0 Å². The third-order valence-electron chi connectivity index (χ3n) is 5.59. The van der Waals surface area contributed by atoms with Gasteiger partial charge in [0.05, 0.1) is 18.6 Å². The lowest BCUT2D eigenvalue weighted by atomic mass is 9.93. The van der Waals surface area contributed by atoms with E-state index in [4.69, 9.17) is 14.2 Å². The van der Waals surface area contributed by atoms with Crippen LogP contribution in [0.1, 0.15) is 50.8 Å². The smallest absolute Gasteiger partial charge is 0.416 e. The average molecular weight is 480 g/mol. The van der Waals surface area contributed by atoms with Gasteiger partial charge in [-0.15, -0.1) is 0 Å². The maximum atomic E-state index is 13.2. The van der Waals surface area contributed by atoms with E-state index < -0.39 is 22.9 Å². The van der Waals surface area contributed by atoms with E-state index in [0.29, 0.717) is 31.9 Å². The standard InChI is InChI=1S/C26H32F3NO4/c1-24(2,3)34-23(31)13-14-30-15-16-33-25(4,18-30)20-9-11-21(12-10-20)32-17-19-7-5-6-8-22(19)26(27,28)29/h5-12H,13-18H2,1-4H3. The molecule has 1 heterocycles. The van der Waals surface area contributed by atoms with Gasteiger partial charge in [0.1, 0.15) is 23.6 Å². The van der Waals surface area contributed by atoms with Crippen LogP contribution in [0.25, 0.3) is 0 Å². The SMILES string of the molecule is CC(C)(C)OC(=O)CCN1CCOC(C)(c2ccc(OCc3ccccc3C(F)(F)F)cc2)C1. The first-order valence-corrected chi connectivity index (χ1v) is 11.3. The fourth-order valence-corrected chi connectivity index (χ4v) is 3.95. The van der Waals surface area contributed by atoms with E-state index in [1.165, 1.54) is 12.1 Å². The van der Waals surface area contributed by atoms with Gasteiger partial charge in [0.15, 0.2) is 0 Å². The molecule has 0 bridgehead atoms. The van der Waals surface area contributed by atoms with Gasteiger partial charge in [-0.2, -0.15) is 13.2 Å². The summed E-state index contributed by atoms with van der Waals surface area (Å²) in [5.41, 5.74) is -0.760. The Morgan fingerprint density at radius 2 is 1.76 bits per heavy atom. The van der Waals surface area contributed by atoms with Gasteiger partial charge < -0.3 is 14.2 Å². The fraction of sp³-hybridized carbons (Fsp3) is 0.500. The van der Waals surface area contributed by atoms with Crippen molar-refractivity contribution in [2.45, 2.75) is 58.1 Å². The number of hydrogen-bond acceptors (Lipinski definition) is 5. The summed E-state index contributed by atoms with van der Waals surface area (Å²) in [6, 6.07) is 12.6. The van der Waals surface area contributed by atoms with Crippen molar-refractivity contribution in [3.8, 4) is 5.75 Å². The van der Waals surface area contributed by atoms with Crippen molar-refractivity contribution in [3.05, 3.63) is 65.2 Å². The zero-order valence-electron chi connectivity index (χ0n) is 20.1. The Morgan fingerprint density at radius 1 is 1.09 bits per heavy atom. The molecule has 0 aromatic heterocycles. The summed E-state index contributed by atoms with van der Waals surface area (Å²) < 4.78 is 56.6. The predicted octanol–water partition coefficient (Wildman–Crippen LogP) is 5.56. The third-order valence-corrected chi connectivity index (χ3v) is 5.59. The van der Waals surface area contributed by atoms with E-state index in [0.717, 1.165) is 18.2 Å². The molecule has 2 aromatic rings. The van der Waals surface area contributed by atoms with Gasteiger partial charge in [-0.1, -0.05) is 30.3 Å². The van der Waals surface area contributed by atoms with Gasteiger partial charge in [-0.3, -0.25) is 9.69 Å². The zero-order valence-corrected chi connectivity index (χ0v) is 20.1. The van der Waals surface area contributed by atoms with Crippen LogP contribution >= 0.6 is 0 Å². The zero-order chi connectivity index (χ0) is 25.0. The van der Waals surface area contributed by atoms with Crippen molar-refractivity contribution >= 4 is 5.97 Å². The monoisotopic (exact) mass is 479 g/mol. The third kappa shape index (κ3) is 7.21. The number of ether oxygens (including phenoxy) is 3. The van der Waals surface area contributed by atoms with Gasteiger partial charge >= 0.3 is 12.1 Å². The minimum atomic E-state index is -4.42. The molecule has 1 atom stereocenters. The lowest BCUT2D eigenvalue weighted by molar-refractivity contribution is -0.156. The highest BCUT2D eigenvalue weighted by Gasteiger charge is 2.35. The van der Waals surface area contributed by atoms with Gasteiger partial charge in [-0.05, 0) is 51.5 Å². The maximum Gasteiger partial charge on any atom is 0.416 e. The van der Waals surface area contributed by atoms with Gasteiger partial charge in [0, 0.05) is 25.2 Å². The Bertz CT molecular complexity index is 969. The summed E-state index contributed by atoms with van der Waals surface area (Å²) in [6.45, 7) is 9.78. The van der Waals surface area contributed by atoms with Crippen LogP contribution in [-0.4, -0.2) is 42.7 Å². The molecule has 1 aliphatic rings. The van der Waals surface area contributed by atoms with Crippen molar-refractivity contribution in [3.63, 3.8) is 0 Å². The number of esters is 1. The largest absolute Gasteiger partial charge is 0.489 e. The molecule has 34 heavy (non-hydrogen) atoms. The normalized spacial score (nSPS) is 19.6. The molecule has 5 nitrogen and oxygen atoms in total. The quantitative estimate of drug-likeness (QED) is 0.487. The molecular formula is C26H32F3NO4. The van der Waals surface area contributed by atoms with Crippen molar-refractivity contribution in [2.75, 3.05) is 26.2 Å². The first kappa shape index (κ1) is 26.0. The van der Waals surface area contributed by atoms with E-state index in [9.17, 15) is 18.0 Å². The van der Waals surface area contributed by atoms with Crippen molar-refractivity contribution in [2.24, 2.45) is 0 Å². The van der Waals surface area contributed by atoms with Crippen LogP contribution in [0.15, 0.2) is 48.5 Å². The highest BCUT2D eigenvalue weighted by Crippen LogP contribution is 2.33. The molecule has 0 saturated carbocycles. The van der Waals surface area contributed by atoms with E-state index in [-0.39, 0.29) is 18.1 Å². The molecule has 1 aliphatic heterocycles. The molecule has 8 heteroatoms. The molecule has 1 unspecified atom stereocenters. The topological polar surface area (TPSA) is 48.0 Å². The first-order chi connectivity index (χ1) is 15.9. The number of nitrogens with zero attached hydrogens (tertiary/aromatic N) is 1. The number of carbonyl (C=O) groups is 1.